The summed E-state index contributed by atoms with van der Waals surface area (Å²) in [6.07, 6.45) is 4.99. The van der Waals surface area contributed by atoms with Crippen molar-refractivity contribution in [3.63, 3.8) is 0 Å². The number of benzene rings is 1. The van der Waals surface area contributed by atoms with Crippen LogP contribution in [0.3, 0.4) is 0 Å². The Hall–Kier alpha value is -1.19. The summed E-state index contributed by atoms with van der Waals surface area (Å²) in [6, 6.07) is 9.83. The van der Waals surface area contributed by atoms with Gasteiger partial charge in [-0.2, -0.15) is 0 Å². The van der Waals surface area contributed by atoms with Gasteiger partial charge in [-0.3, -0.25) is 4.90 Å². The average molecular weight is 247 g/mol. The van der Waals surface area contributed by atoms with Crippen molar-refractivity contribution in [2.24, 2.45) is 0 Å². The number of hydrogen-bond donors (Lipinski definition) is 1. The van der Waals surface area contributed by atoms with Gasteiger partial charge in [0.25, 0.3) is 0 Å². The molecule has 1 aromatic carbocycles. The summed E-state index contributed by atoms with van der Waals surface area (Å²) in [4.78, 5) is 14.0. The van der Waals surface area contributed by atoms with Crippen LogP contribution in [0.2, 0.25) is 0 Å². The second-order valence-electron chi connectivity index (χ2n) is 4.93. The molecule has 1 heterocycles. The molecule has 1 saturated heterocycles. The first-order valence-corrected chi connectivity index (χ1v) is 6.71. The molecule has 0 saturated carbocycles. The normalized spacial score (nSPS) is 20.3. The molecular weight excluding hydrogens is 226 g/mol. The summed E-state index contributed by atoms with van der Waals surface area (Å²) in [6.45, 7) is 1.91. The molecule has 0 bridgehead atoms. The Bertz CT molecular complexity index is 373. The topological polar surface area (TPSA) is 40.5 Å². The number of rotatable bonds is 5. The number of aliphatic hydroxyl groups is 1. The van der Waals surface area contributed by atoms with E-state index in [9.17, 15) is 9.90 Å². The Labute approximate surface area is 108 Å². The van der Waals surface area contributed by atoms with Gasteiger partial charge in [0.2, 0.25) is 0 Å². The highest BCUT2D eigenvalue weighted by Crippen LogP contribution is 2.32. The van der Waals surface area contributed by atoms with Crippen molar-refractivity contribution < 1.29 is 9.90 Å². The Balaban J connectivity index is 2.35. The lowest BCUT2D eigenvalue weighted by Gasteiger charge is -2.42. The van der Waals surface area contributed by atoms with Gasteiger partial charge in [-0.25, -0.2) is 0 Å². The van der Waals surface area contributed by atoms with Crippen molar-refractivity contribution in [1.29, 1.82) is 0 Å². The SMILES string of the molecule is O=CC(CCO)(c1ccccc1)N1CCCCC1. The quantitative estimate of drug-likeness (QED) is 0.808. The fourth-order valence-corrected chi connectivity index (χ4v) is 2.88. The van der Waals surface area contributed by atoms with Crippen LogP contribution >= 0.6 is 0 Å². The van der Waals surface area contributed by atoms with E-state index in [0.29, 0.717) is 6.42 Å². The van der Waals surface area contributed by atoms with E-state index in [1.807, 2.05) is 30.3 Å². The van der Waals surface area contributed by atoms with Gasteiger partial charge in [-0.1, -0.05) is 36.8 Å². The maximum Gasteiger partial charge on any atom is 0.144 e. The first-order chi connectivity index (χ1) is 8.83. The van der Waals surface area contributed by atoms with Crippen LogP contribution in [0, 0.1) is 0 Å². The summed E-state index contributed by atoms with van der Waals surface area (Å²) >= 11 is 0. The molecule has 1 unspecified atom stereocenters. The van der Waals surface area contributed by atoms with Gasteiger partial charge in [0.15, 0.2) is 0 Å². The van der Waals surface area contributed by atoms with Crippen LogP contribution < -0.4 is 0 Å². The monoisotopic (exact) mass is 247 g/mol. The molecule has 98 valence electrons. The van der Waals surface area contributed by atoms with E-state index >= 15 is 0 Å². The molecule has 1 fully saturated rings. The third-order valence-electron chi connectivity index (χ3n) is 3.88. The Kier molecular flexibility index (Phi) is 4.50. The van der Waals surface area contributed by atoms with Crippen molar-refractivity contribution in [2.45, 2.75) is 31.2 Å². The molecule has 0 aliphatic carbocycles. The predicted molar refractivity (Wildman–Crippen MR) is 71.3 cm³/mol. The van der Waals surface area contributed by atoms with Crippen LogP contribution in [-0.2, 0) is 10.3 Å². The van der Waals surface area contributed by atoms with E-state index in [0.717, 1.165) is 37.8 Å². The maximum absolute atomic E-state index is 11.8. The molecule has 18 heavy (non-hydrogen) atoms. The van der Waals surface area contributed by atoms with Gasteiger partial charge in [0.1, 0.15) is 11.8 Å². The molecule has 0 amide bonds. The number of aldehydes is 1. The number of carbonyl (C=O) groups excluding carboxylic acids is 1. The van der Waals surface area contributed by atoms with Crippen LogP contribution in [0.5, 0.6) is 0 Å². The second kappa shape index (κ2) is 6.12. The first-order valence-electron chi connectivity index (χ1n) is 6.71. The molecule has 3 heteroatoms. The molecule has 1 atom stereocenters. The smallest absolute Gasteiger partial charge is 0.144 e. The number of carbonyl (C=O) groups is 1. The summed E-state index contributed by atoms with van der Waals surface area (Å²) in [5.41, 5.74) is 0.354. The lowest BCUT2D eigenvalue weighted by molar-refractivity contribution is -0.121. The molecule has 3 nitrogen and oxygen atoms in total. The van der Waals surface area contributed by atoms with E-state index in [1.165, 1.54) is 6.42 Å². The number of likely N-dealkylation sites (tertiary alicyclic amines) is 1. The molecule has 0 aromatic heterocycles. The van der Waals surface area contributed by atoms with Crippen molar-refractivity contribution in [1.82, 2.24) is 4.90 Å². The fraction of sp³-hybridized carbons (Fsp3) is 0.533. The van der Waals surface area contributed by atoms with Crippen LogP contribution in [0.15, 0.2) is 30.3 Å². The van der Waals surface area contributed by atoms with Crippen molar-refractivity contribution in [2.75, 3.05) is 19.7 Å². The van der Waals surface area contributed by atoms with Crippen molar-refractivity contribution in [3.05, 3.63) is 35.9 Å². The lowest BCUT2D eigenvalue weighted by Crippen LogP contribution is -2.50. The van der Waals surface area contributed by atoms with Crippen molar-refractivity contribution >= 4 is 6.29 Å². The largest absolute Gasteiger partial charge is 0.396 e. The summed E-state index contributed by atoms with van der Waals surface area (Å²) in [5.74, 6) is 0. The number of aliphatic hydroxyl groups excluding tert-OH is 1. The molecular formula is C15H21NO2. The molecule has 1 aromatic rings. The van der Waals surface area contributed by atoms with Crippen LogP contribution in [0.25, 0.3) is 0 Å². The van der Waals surface area contributed by atoms with Gasteiger partial charge in [0, 0.05) is 6.61 Å². The zero-order valence-corrected chi connectivity index (χ0v) is 10.7. The lowest BCUT2D eigenvalue weighted by atomic mass is 9.85. The average Bonchev–Trinajstić information content (AvgIpc) is 2.47. The van der Waals surface area contributed by atoms with E-state index in [4.69, 9.17) is 0 Å². The minimum Gasteiger partial charge on any atom is -0.396 e. The summed E-state index contributed by atoms with van der Waals surface area (Å²) < 4.78 is 0. The third-order valence-corrected chi connectivity index (χ3v) is 3.88. The second-order valence-corrected chi connectivity index (χ2v) is 4.93. The van der Waals surface area contributed by atoms with E-state index in [1.54, 1.807) is 0 Å². The zero-order valence-electron chi connectivity index (χ0n) is 10.7. The van der Waals surface area contributed by atoms with Gasteiger partial charge in [0.05, 0.1) is 0 Å². The number of hydrogen-bond acceptors (Lipinski definition) is 3. The van der Waals surface area contributed by atoms with Crippen LogP contribution in [-0.4, -0.2) is 36.0 Å². The number of nitrogens with zero attached hydrogens (tertiary/aromatic N) is 1. The van der Waals surface area contributed by atoms with Gasteiger partial charge in [-0.15, -0.1) is 0 Å². The van der Waals surface area contributed by atoms with Gasteiger partial charge < -0.3 is 9.90 Å². The molecule has 2 rings (SSSR count). The molecule has 1 aliphatic rings. The Morgan fingerprint density at radius 1 is 1.17 bits per heavy atom. The van der Waals surface area contributed by atoms with Gasteiger partial charge in [-0.05, 0) is 37.9 Å². The Morgan fingerprint density at radius 2 is 1.83 bits per heavy atom. The van der Waals surface area contributed by atoms with Gasteiger partial charge >= 0.3 is 0 Å². The van der Waals surface area contributed by atoms with Crippen LogP contribution in [0.4, 0.5) is 0 Å². The van der Waals surface area contributed by atoms with Crippen LogP contribution in [0.1, 0.15) is 31.2 Å². The highest BCUT2D eigenvalue weighted by Gasteiger charge is 2.38. The Morgan fingerprint density at radius 3 is 2.39 bits per heavy atom. The highest BCUT2D eigenvalue weighted by atomic mass is 16.3. The minimum atomic E-state index is -0.642. The third kappa shape index (κ3) is 2.47. The van der Waals surface area contributed by atoms with E-state index < -0.39 is 5.54 Å². The molecule has 0 radical (unpaired) electrons. The molecule has 1 aliphatic heterocycles. The molecule has 1 N–H and O–H groups in total. The summed E-state index contributed by atoms with van der Waals surface area (Å²) in [7, 11) is 0. The summed E-state index contributed by atoms with van der Waals surface area (Å²) in [5, 5.41) is 9.34. The highest BCUT2D eigenvalue weighted by molar-refractivity contribution is 5.68. The maximum atomic E-state index is 11.8. The first kappa shape index (κ1) is 13.2. The standard InChI is InChI=1S/C15H21NO2/c17-12-9-15(13-18,14-7-3-1-4-8-14)16-10-5-2-6-11-16/h1,3-4,7-8,13,17H,2,5-6,9-12H2. The molecule has 0 spiro atoms. The zero-order chi connectivity index (χ0) is 12.8. The van der Waals surface area contributed by atoms with Crippen molar-refractivity contribution in [3.8, 4) is 0 Å². The minimum absolute atomic E-state index is 0.0319. The fourth-order valence-electron chi connectivity index (χ4n) is 2.88. The number of piperidine rings is 1. The van der Waals surface area contributed by atoms with E-state index in [2.05, 4.69) is 4.90 Å². The van der Waals surface area contributed by atoms with E-state index in [-0.39, 0.29) is 6.61 Å². The predicted octanol–water partition coefficient (Wildman–Crippen LogP) is 1.95.